The molecule has 3 heteroatoms. The van der Waals surface area contributed by atoms with Crippen molar-refractivity contribution in [2.45, 2.75) is 13.3 Å². The number of pyridine rings is 1. The van der Waals surface area contributed by atoms with E-state index in [0.29, 0.717) is 6.42 Å². The first-order valence-corrected chi connectivity index (χ1v) is 4.99. The van der Waals surface area contributed by atoms with Gasteiger partial charge in [-0.15, -0.1) is 0 Å². The van der Waals surface area contributed by atoms with E-state index >= 15 is 0 Å². The second-order valence-corrected chi connectivity index (χ2v) is 3.80. The molecule has 1 aromatic carbocycles. The summed E-state index contributed by atoms with van der Waals surface area (Å²) in [6.07, 6.45) is 4.05. The third-order valence-corrected chi connectivity index (χ3v) is 2.32. The number of aromatic nitrogens is 1. The first kappa shape index (κ1) is 10.7. The predicted octanol–water partition coefficient (Wildman–Crippen LogP) is 3.26. The maximum Gasteiger partial charge on any atom is 0.159 e. The van der Waals surface area contributed by atoms with E-state index in [2.05, 4.69) is 4.98 Å². The molecule has 0 saturated carbocycles. The summed E-state index contributed by atoms with van der Waals surface area (Å²) in [5, 5.41) is 0. The van der Waals surface area contributed by atoms with Crippen molar-refractivity contribution in [3.8, 4) is 0 Å². The van der Waals surface area contributed by atoms with Crippen molar-refractivity contribution in [2.75, 3.05) is 0 Å². The molecule has 0 atom stereocenters. The van der Waals surface area contributed by atoms with Crippen LogP contribution in [0.4, 0.5) is 8.78 Å². The molecule has 0 amide bonds. The molecule has 1 aromatic heterocycles. The molecule has 0 saturated heterocycles. The Morgan fingerprint density at radius 1 is 1.00 bits per heavy atom. The van der Waals surface area contributed by atoms with Crippen LogP contribution in [-0.4, -0.2) is 4.98 Å². The molecule has 16 heavy (non-hydrogen) atoms. The van der Waals surface area contributed by atoms with Crippen LogP contribution in [0.2, 0.25) is 0 Å². The summed E-state index contributed by atoms with van der Waals surface area (Å²) < 4.78 is 25.7. The number of aryl methyl sites for hydroxylation is 1. The molecule has 0 spiro atoms. The molecule has 0 unspecified atom stereocenters. The lowest BCUT2D eigenvalue weighted by atomic mass is 10.1. The number of benzene rings is 1. The molecule has 0 bridgehead atoms. The van der Waals surface area contributed by atoms with E-state index in [1.807, 2.05) is 13.0 Å². The molecule has 82 valence electrons. The monoisotopic (exact) mass is 219 g/mol. The van der Waals surface area contributed by atoms with Gasteiger partial charge in [0, 0.05) is 12.4 Å². The van der Waals surface area contributed by atoms with E-state index in [1.165, 1.54) is 6.07 Å². The Kier molecular flexibility index (Phi) is 2.95. The van der Waals surface area contributed by atoms with Crippen LogP contribution in [0.15, 0.2) is 36.7 Å². The van der Waals surface area contributed by atoms with Crippen LogP contribution in [0, 0.1) is 18.6 Å². The van der Waals surface area contributed by atoms with Crippen molar-refractivity contribution in [1.29, 1.82) is 0 Å². The van der Waals surface area contributed by atoms with Crippen molar-refractivity contribution in [3.63, 3.8) is 0 Å². The SMILES string of the molecule is Cc1cncc(Cc2ccc(F)c(F)c2)c1. The Bertz CT molecular complexity index is 509. The zero-order valence-electron chi connectivity index (χ0n) is 8.87. The molecule has 0 fully saturated rings. The number of halogens is 2. The van der Waals surface area contributed by atoms with Gasteiger partial charge in [0.25, 0.3) is 0 Å². The molecular formula is C13H11F2N. The zero-order valence-corrected chi connectivity index (χ0v) is 8.87. The summed E-state index contributed by atoms with van der Waals surface area (Å²) in [6.45, 7) is 1.95. The molecule has 0 aliphatic carbocycles. The van der Waals surface area contributed by atoms with Gasteiger partial charge >= 0.3 is 0 Å². The van der Waals surface area contributed by atoms with E-state index in [0.717, 1.165) is 22.8 Å². The fourth-order valence-corrected chi connectivity index (χ4v) is 1.60. The Balaban J connectivity index is 2.24. The minimum absolute atomic E-state index is 0.561. The lowest BCUT2D eigenvalue weighted by Crippen LogP contribution is -1.93. The summed E-state index contributed by atoms with van der Waals surface area (Å²) in [7, 11) is 0. The van der Waals surface area contributed by atoms with Crippen LogP contribution < -0.4 is 0 Å². The summed E-state index contributed by atoms with van der Waals surface area (Å²) in [5.74, 6) is -1.62. The van der Waals surface area contributed by atoms with Gasteiger partial charge in [0.1, 0.15) is 0 Å². The number of nitrogens with zero attached hydrogens (tertiary/aromatic N) is 1. The minimum atomic E-state index is -0.814. The van der Waals surface area contributed by atoms with Gasteiger partial charge in [0.2, 0.25) is 0 Å². The average Bonchev–Trinajstić information content (AvgIpc) is 2.24. The smallest absolute Gasteiger partial charge is 0.159 e. The van der Waals surface area contributed by atoms with Crippen molar-refractivity contribution in [3.05, 3.63) is 65.0 Å². The summed E-state index contributed by atoms with van der Waals surface area (Å²) >= 11 is 0. The van der Waals surface area contributed by atoms with Crippen LogP contribution in [0.1, 0.15) is 16.7 Å². The molecule has 0 aliphatic rings. The van der Waals surface area contributed by atoms with Crippen LogP contribution in [0.5, 0.6) is 0 Å². The lowest BCUT2D eigenvalue weighted by Gasteiger charge is -2.03. The highest BCUT2D eigenvalue weighted by Gasteiger charge is 2.03. The molecule has 2 aromatic rings. The van der Waals surface area contributed by atoms with E-state index in [4.69, 9.17) is 0 Å². The first-order valence-electron chi connectivity index (χ1n) is 4.99. The Hall–Kier alpha value is -1.77. The van der Waals surface area contributed by atoms with Crippen LogP contribution in [0.3, 0.4) is 0 Å². The normalized spacial score (nSPS) is 10.4. The molecular weight excluding hydrogens is 208 g/mol. The van der Waals surface area contributed by atoms with E-state index < -0.39 is 11.6 Å². The maximum atomic E-state index is 13.0. The van der Waals surface area contributed by atoms with Gasteiger partial charge in [-0.25, -0.2) is 8.78 Å². The van der Waals surface area contributed by atoms with Gasteiger partial charge in [-0.2, -0.15) is 0 Å². The molecule has 0 N–H and O–H groups in total. The second kappa shape index (κ2) is 4.39. The third-order valence-electron chi connectivity index (χ3n) is 2.32. The Morgan fingerprint density at radius 2 is 1.81 bits per heavy atom. The third kappa shape index (κ3) is 2.42. The second-order valence-electron chi connectivity index (χ2n) is 3.80. The molecule has 0 radical (unpaired) electrons. The fraction of sp³-hybridized carbons (Fsp3) is 0.154. The van der Waals surface area contributed by atoms with Gasteiger partial charge in [-0.1, -0.05) is 12.1 Å². The quantitative estimate of drug-likeness (QED) is 0.755. The van der Waals surface area contributed by atoms with Crippen molar-refractivity contribution in [1.82, 2.24) is 4.98 Å². The molecule has 1 nitrogen and oxygen atoms in total. The highest BCUT2D eigenvalue weighted by Crippen LogP contribution is 2.13. The summed E-state index contributed by atoms with van der Waals surface area (Å²) in [4.78, 5) is 4.05. The van der Waals surface area contributed by atoms with E-state index in [9.17, 15) is 8.78 Å². The molecule has 2 rings (SSSR count). The van der Waals surface area contributed by atoms with Gasteiger partial charge in [-0.05, 0) is 42.2 Å². The standard InChI is InChI=1S/C13H11F2N/c1-9-4-11(8-16-7-9)5-10-2-3-12(14)13(15)6-10/h2-4,6-8H,5H2,1H3. The van der Waals surface area contributed by atoms with Crippen LogP contribution in [0.25, 0.3) is 0 Å². The van der Waals surface area contributed by atoms with Gasteiger partial charge in [0.05, 0.1) is 0 Å². The van der Waals surface area contributed by atoms with Crippen LogP contribution >= 0.6 is 0 Å². The van der Waals surface area contributed by atoms with Crippen LogP contribution in [-0.2, 0) is 6.42 Å². The van der Waals surface area contributed by atoms with Crippen molar-refractivity contribution in [2.24, 2.45) is 0 Å². The Labute approximate surface area is 92.8 Å². The molecule has 1 heterocycles. The summed E-state index contributed by atoms with van der Waals surface area (Å²) in [5.41, 5.74) is 2.79. The first-order chi connectivity index (χ1) is 7.65. The van der Waals surface area contributed by atoms with E-state index in [-0.39, 0.29) is 0 Å². The number of rotatable bonds is 2. The van der Waals surface area contributed by atoms with Crippen molar-refractivity contribution >= 4 is 0 Å². The Morgan fingerprint density at radius 3 is 2.50 bits per heavy atom. The number of hydrogen-bond acceptors (Lipinski definition) is 1. The topological polar surface area (TPSA) is 12.9 Å². The van der Waals surface area contributed by atoms with Crippen molar-refractivity contribution < 1.29 is 8.78 Å². The minimum Gasteiger partial charge on any atom is -0.264 e. The maximum absolute atomic E-state index is 13.0. The van der Waals surface area contributed by atoms with Gasteiger partial charge in [0.15, 0.2) is 11.6 Å². The zero-order chi connectivity index (χ0) is 11.5. The highest BCUT2D eigenvalue weighted by molar-refractivity contribution is 5.26. The number of hydrogen-bond donors (Lipinski definition) is 0. The average molecular weight is 219 g/mol. The highest BCUT2D eigenvalue weighted by atomic mass is 19.2. The van der Waals surface area contributed by atoms with E-state index in [1.54, 1.807) is 18.5 Å². The fourth-order valence-electron chi connectivity index (χ4n) is 1.60. The lowest BCUT2D eigenvalue weighted by molar-refractivity contribution is 0.507. The summed E-state index contributed by atoms with van der Waals surface area (Å²) in [6, 6.07) is 5.93. The predicted molar refractivity (Wildman–Crippen MR) is 58.1 cm³/mol. The molecule has 0 aliphatic heterocycles. The largest absolute Gasteiger partial charge is 0.264 e. The van der Waals surface area contributed by atoms with Gasteiger partial charge in [-0.3, -0.25) is 4.98 Å². The van der Waals surface area contributed by atoms with Gasteiger partial charge < -0.3 is 0 Å².